The molecule has 3 aromatic heterocycles. The first kappa shape index (κ1) is 25.0. The van der Waals surface area contributed by atoms with Crippen molar-refractivity contribution in [2.45, 2.75) is 5.92 Å². The number of benzene rings is 7. The van der Waals surface area contributed by atoms with E-state index >= 15 is 0 Å². The first-order valence-electron chi connectivity index (χ1n) is 15.9. The number of aromatic nitrogens is 2. The molecule has 218 valence electrons. The molecule has 0 aliphatic heterocycles. The van der Waals surface area contributed by atoms with Crippen LogP contribution in [0.4, 0.5) is 0 Å². The smallest absolute Gasteiger partial charge is 0.143 e. The SMILES string of the molecule is c1ccc2c(c1)-c1cc3c(cc1C2c1nc2ccccc2nc1-c1ccc2c(c1)oc1ccccc12)oc1c2ccccc2ccc31. The predicted octanol–water partition coefficient (Wildman–Crippen LogP) is 11.4. The highest BCUT2D eigenvalue weighted by molar-refractivity contribution is 6.16. The zero-order valence-electron chi connectivity index (χ0n) is 25.1. The summed E-state index contributed by atoms with van der Waals surface area (Å²) >= 11 is 0. The number of hydrogen-bond acceptors (Lipinski definition) is 4. The summed E-state index contributed by atoms with van der Waals surface area (Å²) in [5.41, 5.74) is 12.9. The lowest BCUT2D eigenvalue weighted by Gasteiger charge is -2.18. The third-order valence-electron chi connectivity index (χ3n) is 9.93. The van der Waals surface area contributed by atoms with E-state index in [1.165, 1.54) is 27.6 Å². The Hall–Kier alpha value is -6.26. The normalized spacial score (nSPS) is 14.2. The van der Waals surface area contributed by atoms with Crippen molar-refractivity contribution in [1.82, 2.24) is 9.97 Å². The molecular formula is C43H24N2O2. The molecule has 10 aromatic rings. The molecule has 0 fully saturated rings. The summed E-state index contributed by atoms with van der Waals surface area (Å²) in [5.74, 6) is -0.131. The topological polar surface area (TPSA) is 52.1 Å². The van der Waals surface area contributed by atoms with E-state index in [0.717, 1.165) is 77.2 Å². The Morgan fingerprint density at radius 1 is 0.447 bits per heavy atom. The lowest BCUT2D eigenvalue weighted by Crippen LogP contribution is -2.07. The Labute approximate surface area is 268 Å². The van der Waals surface area contributed by atoms with E-state index in [4.69, 9.17) is 18.8 Å². The third kappa shape index (κ3) is 3.47. The van der Waals surface area contributed by atoms with Gasteiger partial charge in [0.1, 0.15) is 22.3 Å². The first-order valence-corrected chi connectivity index (χ1v) is 15.9. The minimum atomic E-state index is -0.131. The van der Waals surface area contributed by atoms with Crippen LogP contribution in [0.15, 0.2) is 148 Å². The fourth-order valence-electron chi connectivity index (χ4n) is 7.79. The molecule has 0 bridgehead atoms. The average molecular weight is 601 g/mol. The lowest BCUT2D eigenvalue weighted by molar-refractivity contribution is 0.669. The minimum Gasteiger partial charge on any atom is -0.456 e. The van der Waals surface area contributed by atoms with Gasteiger partial charge in [-0.2, -0.15) is 0 Å². The van der Waals surface area contributed by atoms with E-state index in [9.17, 15) is 0 Å². The van der Waals surface area contributed by atoms with Gasteiger partial charge in [-0.15, -0.1) is 0 Å². The van der Waals surface area contributed by atoms with E-state index in [1.54, 1.807) is 0 Å². The number of furan rings is 2. The molecule has 0 saturated carbocycles. The van der Waals surface area contributed by atoms with E-state index in [0.29, 0.717) is 0 Å². The number of nitrogens with zero attached hydrogens (tertiary/aromatic N) is 2. The molecule has 0 spiro atoms. The van der Waals surface area contributed by atoms with Crippen LogP contribution < -0.4 is 0 Å². The Balaban J connectivity index is 1.19. The van der Waals surface area contributed by atoms with Crippen LogP contribution in [0.5, 0.6) is 0 Å². The Bertz CT molecular complexity index is 2930. The predicted molar refractivity (Wildman–Crippen MR) is 190 cm³/mol. The first-order chi connectivity index (χ1) is 23.3. The molecule has 1 aliphatic rings. The second kappa shape index (κ2) is 9.15. The zero-order chi connectivity index (χ0) is 30.6. The molecule has 0 amide bonds. The molecule has 1 atom stereocenters. The summed E-state index contributed by atoms with van der Waals surface area (Å²) in [6, 6.07) is 48.8. The summed E-state index contributed by atoms with van der Waals surface area (Å²) in [5, 5.41) is 6.76. The largest absolute Gasteiger partial charge is 0.456 e. The molecule has 0 N–H and O–H groups in total. The van der Waals surface area contributed by atoms with Crippen molar-refractivity contribution in [3.8, 4) is 22.4 Å². The number of fused-ring (bicyclic) bond motifs is 12. The van der Waals surface area contributed by atoms with Gasteiger partial charge in [-0.1, -0.05) is 91.0 Å². The molecule has 3 heterocycles. The summed E-state index contributed by atoms with van der Waals surface area (Å²) in [6.45, 7) is 0. The van der Waals surface area contributed by atoms with Crippen LogP contribution in [-0.4, -0.2) is 9.97 Å². The van der Waals surface area contributed by atoms with Crippen molar-refractivity contribution < 1.29 is 8.83 Å². The standard InChI is InChI=1S/C43H24N2O2/c1-2-10-26-24(9-1)17-20-31-33-22-32-27-11-3-4-13-30(27)40(34(32)23-39(33)47-43(26)31)42-41(44-35-14-6-7-15-36(35)45-42)25-18-19-29-28-12-5-8-16-37(28)46-38(29)21-25/h1-23,40H. The van der Waals surface area contributed by atoms with Crippen LogP contribution in [0, 0.1) is 0 Å². The molecule has 4 heteroatoms. The van der Waals surface area contributed by atoms with Crippen molar-refractivity contribution in [1.29, 1.82) is 0 Å². The summed E-state index contributed by atoms with van der Waals surface area (Å²) in [4.78, 5) is 10.7. The molecule has 7 aromatic carbocycles. The van der Waals surface area contributed by atoms with Gasteiger partial charge in [0, 0.05) is 32.5 Å². The highest BCUT2D eigenvalue weighted by Gasteiger charge is 2.34. The van der Waals surface area contributed by atoms with Crippen molar-refractivity contribution in [2.24, 2.45) is 0 Å². The summed E-state index contributed by atoms with van der Waals surface area (Å²) in [6.07, 6.45) is 0. The van der Waals surface area contributed by atoms with Gasteiger partial charge in [-0.25, -0.2) is 9.97 Å². The van der Waals surface area contributed by atoms with E-state index in [2.05, 4.69) is 103 Å². The van der Waals surface area contributed by atoms with Gasteiger partial charge >= 0.3 is 0 Å². The monoisotopic (exact) mass is 600 g/mol. The molecule has 4 nitrogen and oxygen atoms in total. The molecule has 1 unspecified atom stereocenters. The van der Waals surface area contributed by atoms with Crippen LogP contribution in [0.1, 0.15) is 22.7 Å². The van der Waals surface area contributed by atoms with Crippen molar-refractivity contribution >= 4 is 65.7 Å². The minimum absolute atomic E-state index is 0.131. The highest BCUT2D eigenvalue weighted by Crippen LogP contribution is 2.52. The number of rotatable bonds is 2. The molecule has 11 rings (SSSR count). The second-order valence-electron chi connectivity index (χ2n) is 12.5. The van der Waals surface area contributed by atoms with Crippen molar-refractivity contribution in [3.05, 3.63) is 156 Å². The van der Waals surface area contributed by atoms with Crippen LogP contribution >= 0.6 is 0 Å². The Morgan fingerprint density at radius 3 is 2.11 bits per heavy atom. The van der Waals surface area contributed by atoms with Gasteiger partial charge in [-0.3, -0.25) is 0 Å². The quantitative estimate of drug-likeness (QED) is 0.198. The van der Waals surface area contributed by atoms with E-state index in [-0.39, 0.29) is 5.92 Å². The van der Waals surface area contributed by atoms with Gasteiger partial charge < -0.3 is 8.83 Å². The highest BCUT2D eigenvalue weighted by atomic mass is 16.3. The molecule has 47 heavy (non-hydrogen) atoms. The fraction of sp³-hybridized carbons (Fsp3) is 0.0233. The van der Waals surface area contributed by atoms with Gasteiger partial charge in [0.15, 0.2) is 0 Å². The van der Waals surface area contributed by atoms with Crippen LogP contribution in [0.3, 0.4) is 0 Å². The summed E-state index contributed by atoms with van der Waals surface area (Å²) < 4.78 is 13.0. The fourth-order valence-corrected chi connectivity index (χ4v) is 7.79. The van der Waals surface area contributed by atoms with Gasteiger partial charge in [0.25, 0.3) is 0 Å². The van der Waals surface area contributed by atoms with Crippen LogP contribution in [0.2, 0.25) is 0 Å². The molecular weight excluding hydrogens is 576 g/mol. The third-order valence-corrected chi connectivity index (χ3v) is 9.93. The number of para-hydroxylation sites is 3. The Kier molecular flexibility index (Phi) is 4.86. The van der Waals surface area contributed by atoms with Crippen LogP contribution in [-0.2, 0) is 0 Å². The van der Waals surface area contributed by atoms with E-state index < -0.39 is 0 Å². The lowest BCUT2D eigenvalue weighted by atomic mass is 9.89. The van der Waals surface area contributed by atoms with E-state index in [1.807, 2.05) is 36.4 Å². The maximum Gasteiger partial charge on any atom is 0.143 e. The van der Waals surface area contributed by atoms with Gasteiger partial charge in [-0.05, 0) is 76.2 Å². The zero-order valence-corrected chi connectivity index (χ0v) is 25.1. The molecule has 0 saturated heterocycles. The van der Waals surface area contributed by atoms with Crippen LogP contribution in [0.25, 0.3) is 88.1 Å². The molecule has 0 radical (unpaired) electrons. The maximum absolute atomic E-state index is 6.69. The second-order valence-corrected chi connectivity index (χ2v) is 12.5. The van der Waals surface area contributed by atoms with Crippen molar-refractivity contribution in [2.75, 3.05) is 0 Å². The molecule has 1 aliphatic carbocycles. The number of hydrogen-bond donors (Lipinski definition) is 0. The van der Waals surface area contributed by atoms with Gasteiger partial charge in [0.2, 0.25) is 0 Å². The average Bonchev–Trinajstić information content (AvgIpc) is 3.79. The maximum atomic E-state index is 6.69. The van der Waals surface area contributed by atoms with Crippen molar-refractivity contribution in [3.63, 3.8) is 0 Å². The Morgan fingerprint density at radius 2 is 1.17 bits per heavy atom. The van der Waals surface area contributed by atoms with Gasteiger partial charge in [0.05, 0.1) is 28.3 Å². The summed E-state index contributed by atoms with van der Waals surface area (Å²) in [7, 11) is 0.